The van der Waals surface area contributed by atoms with Crippen LogP contribution < -0.4 is 11.1 Å². The van der Waals surface area contributed by atoms with E-state index in [1.54, 1.807) is 17.5 Å². The SMILES string of the molecule is Cc1cnc(N)c2c(-c3ccc(NC(=O)C(O)c4cccc(F)c4)cc3F)nc(C)n12. The second kappa shape index (κ2) is 7.77. The highest BCUT2D eigenvalue weighted by atomic mass is 19.1. The molecule has 4 aromatic rings. The van der Waals surface area contributed by atoms with Crippen LogP contribution in [-0.2, 0) is 4.79 Å². The van der Waals surface area contributed by atoms with Gasteiger partial charge in [0.1, 0.15) is 34.5 Å². The van der Waals surface area contributed by atoms with Gasteiger partial charge in [0.2, 0.25) is 0 Å². The van der Waals surface area contributed by atoms with Crippen LogP contribution in [-0.4, -0.2) is 25.4 Å². The third-order valence-electron chi connectivity index (χ3n) is 4.94. The minimum absolute atomic E-state index is 0.0906. The predicted molar refractivity (Wildman–Crippen MR) is 112 cm³/mol. The van der Waals surface area contributed by atoms with Crippen LogP contribution in [0.15, 0.2) is 48.7 Å². The fraction of sp³-hybridized carbons (Fsp3) is 0.136. The summed E-state index contributed by atoms with van der Waals surface area (Å²) in [5, 5.41) is 12.6. The molecule has 0 radical (unpaired) electrons. The Morgan fingerprint density at radius 1 is 1.19 bits per heavy atom. The van der Waals surface area contributed by atoms with Crippen LogP contribution in [0, 0.1) is 25.5 Å². The number of fused-ring (bicyclic) bond motifs is 1. The molecule has 31 heavy (non-hydrogen) atoms. The third kappa shape index (κ3) is 3.71. The van der Waals surface area contributed by atoms with Gasteiger partial charge in [-0.3, -0.25) is 9.20 Å². The molecule has 0 aliphatic carbocycles. The lowest BCUT2D eigenvalue weighted by Crippen LogP contribution is -2.21. The minimum atomic E-state index is -1.60. The highest BCUT2D eigenvalue weighted by molar-refractivity contribution is 5.95. The third-order valence-corrected chi connectivity index (χ3v) is 4.94. The number of nitrogen functional groups attached to an aromatic ring is 1. The van der Waals surface area contributed by atoms with E-state index in [1.807, 2.05) is 6.92 Å². The maximum atomic E-state index is 15.0. The van der Waals surface area contributed by atoms with Crippen molar-refractivity contribution < 1.29 is 18.7 Å². The molecule has 158 valence electrons. The number of carbonyl (C=O) groups is 1. The normalized spacial score (nSPS) is 12.2. The van der Waals surface area contributed by atoms with E-state index in [9.17, 15) is 18.7 Å². The first kappa shape index (κ1) is 20.4. The Morgan fingerprint density at radius 3 is 2.68 bits per heavy atom. The molecule has 9 heteroatoms. The highest BCUT2D eigenvalue weighted by Gasteiger charge is 2.21. The van der Waals surface area contributed by atoms with Crippen molar-refractivity contribution in [1.82, 2.24) is 14.4 Å². The van der Waals surface area contributed by atoms with Gasteiger partial charge < -0.3 is 16.2 Å². The quantitative estimate of drug-likeness (QED) is 0.466. The average molecular weight is 423 g/mol. The molecular weight excluding hydrogens is 404 g/mol. The van der Waals surface area contributed by atoms with E-state index in [2.05, 4.69) is 15.3 Å². The van der Waals surface area contributed by atoms with Gasteiger partial charge in [0.15, 0.2) is 6.10 Å². The molecule has 2 heterocycles. The molecule has 0 fully saturated rings. The summed E-state index contributed by atoms with van der Waals surface area (Å²) in [4.78, 5) is 20.9. The van der Waals surface area contributed by atoms with E-state index < -0.39 is 23.6 Å². The van der Waals surface area contributed by atoms with Gasteiger partial charge in [0.25, 0.3) is 5.91 Å². The molecule has 1 unspecified atom stereocenters. The molecule has 0 aliphatic rings. The number of nitrogens with two attached hydrogens (primary N) is 1. The zero-order valence-electron chi connectivity index (χ0n) is 16.7. The topological polar surface area (TPSA) is 106 Å². The summed E-state index contributed by atoms with van der Waals surface area (Å²) in [7, 11) is 0. The van der Waals surface area contributed by atoms with Crippen LogP contribution >= 0.6 is 0 Å². The highest BCUT2D eigenvalue weighted by Crippen LogP contribution is 2.32. The lowest BCUT2D eigenvalue weighted by Gasteiger charge is -2.12. The van der Waals surface area contributed by atoms with Crippen LogP contribution in [0.4, 0.5) is 20.3 Å². The van der Waals surface area contributed by atoms with Gasteiger partial charge in [-0.2, -0.15) is 0 Å². The van der Waals surface area contributed by atoms with E-state index in [4.69, 9.17) is 5.73 Å². The van der Waals surface area contributed by atoms with E-state index in [1.165, 1.54) is 30.3 Å². The maximum Gasteiger partial charge on any atom is 0.257 e. The number of benzene rings is 2. The van der Waals surface area contributed by atoms with E-state index in [0.29, 0.717) is 17.0 Å². The maximum absolute atomic E-state index is 15.0. The lowest BCUT2D eigenvalue weighted by molar-refractivity contribution is -0.124. The zero-order chi connectivity index (χ0) is 22.3. The van der Waals surface area contributed by atoms with Crippen LogP contribution in [0.3, 0.4) is 0 Å². The number of halogens is 2. The molecular formula is C22H19F2N5O2. The standard InChI is InChI=1S/C22H19F2N5O2/c1-11-10-26-21(25)19-18(27-12(2)29(11)19)16-7-6-15(9-17(16)24)28-22(31)20(30)13-4-3-5-14(23)8-13/h3-10,20,30H,1-2H3,(H2,25,26)(H,28,31). The van der Waals surface area contributed by atoms with Gasteiger partial charge in [0.05, 0.1) is 0 Å². The molecule has 1 atom stereocenters. The number of hydrogen-bond acceptors (Lipinski definition) is 5. The number of aliphatic hydroxyl groups is 1. The van der Waals surface area contributed by atoms with Crippen LogP contribution in [0.5, 0.6) is 0 Å². The molecule has 2 aromatic heterocycles. The van der Waals surface area contributed by atoms with E-state index in [-0.39, 0.29) is 22.6 Å². The van der Waals surface area contributed by atoms with Gasteiger partial charge in [-0.05, 0) is 49.7 Å². The Morgan fingerprint density at radius 2 is 1.97 bits per heavy atom. The van der Waals surface area contributed by atoms with E-state index in [0.717, 1.165) is 17.8 Å². The van der Waals surface area contributed by atoms with Crippen LogP contribution in [0.25, 0.3) is 16.8 Å². The Bertz CT molecular complexity index is 1320. The molecule has 0 saturated heterocycles. The minimum Gasteiger partial charge on any atom is -0.382 e. The van der Waals surface area contributed by atoms with Gasteiger partial charge in [0, 0.05) is 23.1 Å². The average Bonchev–Trinajstić information content (AvgIpc) is 3.08. The van der Waals surface area contributed by atoms with Crippen molar-refractivity contribution in [2.24, 2.45) is 0 Å². The summed E-state index contributed by atoms with van der Waals surface area (Å²) in [6.45, 7) is 3.63. The summed E-state index contributed by atoms with van der Waals surface area (Å²) < 4.78 is 30.1. The summed E-state index contributed by atoms with van der Waals surface area (Å²) >= 11 is 0. The number of carbonyl (C=O) groups excluding carboxylic acids is 1. The summed E-state index contributed by atoms with van der Waals surface area (Å²) in [6, 6.07) is 9.12. The summed E-state index contributed by atoms with van der Waals surface area (Å²) in [6.07, 6.45) is 0.00620. The van der Waals surface area contributed by atoms with Gasteiger partial charge in [-0.25, -0.2) is 18.7 Å². The van der Waals surface area contributed by atoms with E-state index >= 15 is 0 Å². The number of nitrogens with one attached hydrogen (secondary N) is 1. The number of hydrogen-bond donors (Lipinski definition) is 3. The molecule has 0 aliphatic heterocycles. The summed E-state index contributed by atoms with van der Waals surface area (Å²) in [5.74, 6) is -1.18. The molecule has 1 amide bonds. The van der Waals surface area contributed by atoms with Crippen molar-refractivity contribution in [2.75, 3.05) is 11.1 Å². The molecule has 0 spiro atoms. The molecule has 4 rings (SSSR count). The number of imidazole rings is 1. The zero-order valence-corrected chi connectivity index (χ0v) is 16.7. The van der Waals surface area contributed by atoms with Crippen molar-refractivity contribution in [3.63, 3.8) is 0 Å². The Balaban J connectivity index is 1.65. The van der Waals surface area contributed by atoms with Crippen molar-refractivity contribution in [3.8, 4) is 11.3 Å². The van der Waals surface area contributed by atoms with Crippen molar-refractivity contribution in [2.45, 2.75) is 20.0 Å². The number of amides is 1. The van der Waals surface area contributed by atoms with Crippen LogP contribution in [0.2, 0.25) is 0 Å². The first-order valence-corrected chi connectivity index (χ1v) is 9.40. The first-order chi connectivity index (χ1) is 14.8. The van der Waals surface area contributed by atoms with Crippen molar-refractivity contribution in [3.05, 3.63) is 77.4 Å². The van der Waals surface area contributed by atoms with Crippen molar-refractivity contribution >= 4 is 22.9 Å². The number of aromatic nitrogens is 3. The van der Waals surface area contributed by atoms with Gasteiger partial charge in [-0.1, -0.05) is 12.1 Å². The fourth-order valence-corrected chi connectivity index (χ4v) is 3.49. The second-order valence-corrected chi connectivity index (χ2v) is 7.12. The molecule has 2 aromatic carbocycles. The first-order valence-electron chi connectivity index (χ1n) is 9.40. The Hall–Kier alpha value is -3.85. The number of aryl methyl sites for hydroxylation is 2. The Labute approximate surface area is 176 Å². The fourth-order valence-electron chi connectivity index (χ4n) is 3.49. The molecule has 7 nitrogen and oxygen atoms in total. The number of rotatable bonds is 4. The molecule has 4 N–H and O–H groups in total. The smallest absolute Gasteiger partial charge is 0.257 e. The second-order valence-electron chi connectivity index (χ2n) is 7.12. The monoisotopic (exact) mass is 423 g/mol. The Kier molecular flexibility index (Phi) is 5.12. The van der Waals surface area contributed by atoms with Crippen LogP contribution in [0.1, 0.15) is 23.2 Å². The van der Waals surface area contributed by atoms with Gasteiger partial charge in [-0.15, -0.1) is 0 Å². The van der Waals surface area contributed by atoms with Crippen molar-refractivity contribution in [1.29, 1.82) is 0 Å². The largest absolute Gasteiger partial charge is 0.382 e. The number of aliphatic hydroxyl groups excluding tert-OH is 1. The number of nitrogens with zero attached hydrogens (tertiary/aromatic N) is 3. The lowest BCUT2D eigenvalue weighted by atomic mass is 10.1. The number of anilines is 2. The van der Waals surface area contributed by atoms with Gasteiger partial charge >= 0.3 is 0 Å². The summed E-state index contributed by atoms with van der Waals surface area (Å²) in [5.41, 5.74) is 8.06. The molecule has 0 bridgehead atoms. The predicted octanol–water partition coefficient (Wildman–Crippen LogP) is 3.55. The molecule has 0 saturated carbocycles.